The van der Waals surface area contributed by atoms with Crippen LogP contribution in [0.4, 0.5) is 0 Å². The zero-order valence-corrected chi connectivity index (χ0v) is 15.4. The fourth-order valence-electron chi connectivity index (χ4n) is 4.76. The average Bonchev–Trinajstić information content (AvgIpc) is 2.88. The van der Waals surface area contributed by atoms with Crippen molar-refractivity contribution in [2.75, 3.05) is 6.54 Å². The van der Waals surface area contributed by atoms with E-state index in [4.69, 9.17) is 0 Å². The molecule has 0 aromatic heterocycles. The number of nitrogens with one attached hydrogen (secondary N) is 1. The Kier molecular flexibility index (Phi) is 3.98. The van der Waals surface area contributed by atoms with Crippen molar-refractivity contribution in [3.63, 3.8) is 0 Å². The summed E-state index contributed by atoms with van der Waals surface area (Å²) in [6.07, 6.45) is 4.07. The largest absolute Gasteiger partial charge is 0.507 e. The maximum Gasteiger partial charge on any atom is 0.271 e. The molecule has 0 radical (unpaired) electrons. The summed E-state index contributed by atoms with van der Waals surface area (Å²) >= 11 is 0. The normalized spacial score (nSPS) is 24.2. The summed E-state index contributed by atoms with van der Waals surface area (Å²) in [7, 11) is 0. The molecule has 5 heteroatoms. The van der Waals surface area contributed by atoms with Gasteiger partial charge in [0.25, 0.3) is 5.91 Å². The van der Waals surface area contributed by atoms with Crippen LogP contribution in [0.2, 0.25) is 0 Å². The highest BCUT2D eigenvalue weighted by Gasteiger charge is 2.41. The number of aliphatic hydroxyl groups is 2. The molecule has 2 aliphatic heterocycles. The van der Waals surface area contributed by atoms with Crippen LogP contribution in [0.1, 0.15) is 28.2 Å². The minimum absolute atomic E-state index is 0.0400. The summed E-state index contributed by atoms with van der Waals surface area (Å²) < 4.78 is 0. The first-order valence-electron chi connectivity index (χ1n) is 9.67. The van der Waals surface area contributed by atoms with Crippen LogP contribution >= 0.6 is 0 Å². The van der Waals surface area contributed by atoms with Gasteiger partial charge in [-0.1, -0.05) is 48.5 Å². The summed E-state index contributed by atoms with van der Waals surface area (Å²) in [4.78, 5) is 14.3. The standard InChI is InChI=1S/C23H22N2O3/c26-19-11-12-25-18(13-24-23(28)21(25)22(19)27)20-16-7-3-1-5-14(16)9-10-15-6-2-4-8-17(15)20/h1-8,11-12,18-20,26-27H,9-10,13H2,(H,24,28). The Morgan fingerprint density at radius 3 is 2.21 bits per heavy atom. The van der Waals surface area contributed by atoms with Gasteiger partial charge in [-0.15, -0.1) is 0 Å². The minimum Gasteiger partial charge on any atom is -0.507 e. The Morgan fingerprint density at radius 1 is 0.964 bits per heavy atom. The van der Waals surface area contributed by atoms with Crippen molar-refractivity contribution in [2.24, 2.45) is 0 Å². The van der Waals surface area contributed by atoms with Crippen LogP contribution in [0.5, 0.6) is 0 Å². The summed E-state index contributed by atoms with van der Waals surface area (Å²) in [6.45, 7) is 0.462. The number of rotatable bonds is 1. The minimum atomic E-state index is -1.15. The van der Waals surface area contributed by atoms with Crippen LogP contribution in [-0.2, 0) is 17.6 Å². The van der Waals surface area contributed by atoms with Crippen molar-refractivity contribution in [2.45, 2.75) is 30.9 Å². The van der Waals surface area contributed by atoms with E-state index in [1.54, 1.807) is 6.20 Å². The number of fused-ring (bicyclic) bond motifs is 3. The van der Waals surface area contributed by atoms with Crippen LogP contribution < -0.4 is 5.32 Å². The first-order chi connectivity index (χ1) is 13.6. The van der Waals surface area contributed by atoms with E-state index in [-0.39, 0.29) is 29.3 Å². The Balaban J connectivity index is 1.69. The summed E-state index contributed by atoms with van der Waals surface area (Å²) in [5.41, 5.74) is 5.29. The molecule has 142 valence electrons. The Morgan fingerprint density at radius 2 is 1.57 bits per heavy atom. The van der Waals surface area contributed by atoms with E-state index in [0.29, 0.717) is 6.54 Å². The van der Waals surface area contributed by atoms with Crippen LogP contribution in [0.3, 0.4) is 0 Å². The van der Waals surface area contributed by atoms with E-state index in [2.05, 4.69) is 53.8 Å². The highest BCUT2D eigenvalue weighted by molar-refractivity contribution is 5.95. The number of hydrogen-bond donors (Lipinski definition) is 3. The van der Waals surface area contributed by atoms with Crippen LogP contribution in [0.15, 0.2) is 72.3 Å². The second kappa shape index (κ2) is 6.53. The molecule has 2 atom stereocenters. The van der Waals surface area contributed by atoms with Crippen molar-refractivity contribution < 1.29 is 15.0 Å². The molecule has 2 aromatic carbocycles. The number of carbonyl (C=O) groups excluding carboxylic acids is 1. The Labute approximate surface area is 163 Å². The molecule has 2 aromatic rings. The van der Waals surface area contributed by atoms with Gasteiger partial charge in [0.05, 0.1) is 6.04 Å². The van der Waals surface area contributed by atoms with E-state index >= 15 is 0 Å². The molecular weight excluding hydrogens is 352 g/mol. The first-order valence-corrected chi connectivity index (χ1v) is 9.67. The molecule has 2 heterocycles. The molecular formula is C23H22N2O3. The van der Waals surface area contributed by atoms with Crippen molar-refractivity contribution in [3.8, 4) is 0 Å². The molecule has 1 amide bonds. The molecule has 3 aliphatic rings. The SMILES string of the molecule is O=C1NCC(C2c3ccccc3CCc3ccccc32)N2C=CC(O)C(O)=C12. The summed E-state index contributed by atoms with van der Waals surface area (Å²) in [5, 5.41) is 23.3. The molecule has 0 saturated carbocycles. The second-order valence-electron chi connectivity index (χ2n) is 7.58. The number of hydrogen-bond acceptors (Lipinski definition) is 4. The summed E-state index contributed by atoms with van der Waals surface area (Å²) in [6, 6.07) is 16.9. The number of piperazine rings is 1. The van der Waals surface area contributed by atoms with Gasteiger partial charge < -0.3 is 20.4 Å². The van der Waals surface area contributed by atoms with Crippen molar-refractivity contribution in [3.05, 3.63) is 94.5 Å². The van der Waals surface area contributed by atoms with Gasteiger partial charge in [0.15, 0.2) is 5.76 Å². The zero-order chi connectivity index (χ0) is 19.3. The third-order valence-electron chi connectivity index (χ3n) is 6.08. The maximum absolute atomic E-state index is 12.5. The highest BCUT2D eigenvalue weighted by atomic mass is 16.3. The van der Waals surface area contributed by atoms with Gasteiger partial charge in [0, 0.05) is 18.7 Å². The van der Waals surface area contributed by atoms with E-state index in [0.717, 1.165) is 12.8 Å². The predicted octanol–water partition coefficient (Wildman–Crippen LogP) is 2.38. The summed E-state index contributed by atoms with van der Waals surface area (Å²) in [5.74, 6) is -0.606. The van der Waals surface area contributed by atoms with Crippen molar-refractivity contribution >= 4 is 5.91 Å². The highest BCUT2D eigenvalue weighted by Crippen LogP contribution is 2.41. The monoisotopic (exact) mass is 374 g/mol. The molecule has 3 N–H and O–H groups in total. The third kappa shape index (κ3) is 2.54. The Bertz CT molecular complexity index is 963. The Hall–Kier alpha value is -3.05. The number of aliphatic hydroxyl groups excluding tert-OH is 2. The lowest BCUT2D eigenvalue weighted by Gasteiger charge is -2.43. The van der Waals surface area contributed by atoms with Gasteiger partial charge in [0.2, 0.25) is 0 Å². The molecule has 0 spiro atoms. The van der Waals surface area contributed by atoms with Gasteiger partial charge in [-0.3, -0.25) is 4.79 Å². The molecule has 1 aliphatic carbocycles. The molecule has 0 bridgehead atoms. The number of amides is 1. The number of carbonyl (C=O) groups is 1. The smallest absolute Gasteiger partial charge is 0.271 e. The zero-order valence-electron chi connectivity index (χ0n) is 15.4. The molecule has 1 saturated heterocycles. The van der Waals surface area contributed by atoms with E-state index < -0.39 is 6.10 Å². The molecule has 28 heavy (non-hydrogen) atoms. The van der Waals surface area contributed by atoms with Crippen LogP contribution in [0, 0.1) is 0 Å². The predicted molar refractivity (Wildman–Crippen MR) is 106 cm³/mol. The van der Waals surface area contributed by atoms with Gasteiger partial charge in [-0.05, 0) is 41.2 Å². The van der Waals surface area contributed by atoms with Gasteiger partial charge in [0.1, 0.15) is 11.8 Å². The quantitative estimate of drug-likeness (QED) is 0.717. The number of nitrogens with zero attached hydrogens (tertiary/aromatic N) is 1. The van der Waals surface area contributed by atoms with Crippen molar-refractivity contribution in [1.82, 2.24) is 10.2 Å². The molecule has 5 nitrogen and oxygen atoms in total. The second-order valence-corrected chi connectivity index (χ2v) is 7.58. The molecule has 5 rings (SSSR count). The average molecular weight is 374 g/mol. The number of benzene rings is 2. The van der Waals surface area contributed by atoms with Gasteiger partial charge >= 0.3 is 0 Å². The lowest BCUT2D eigenvalue weighted by molar-refractivity contribution is -0.121. The topological polar surface area (TPSA) is 72.8 Å². The lowest BCUT2D eigenvalue weighted by Crippen LogP contribution is -2.55. The first kappa shape index (κ1) is 17.1. The fourth-order valence-corrected chi connectivity index (χ4v) is 4.76. The maximum atomic E-state index is 12.5. The van der Waals surface area contributed by atoms with E-state index in [1.165, 1.54) is 28.3 Å². The van der Waals surface area contributed by atoms with Crippen molar-refractivity contribution in [1.29, 1.82) is 0 Å². The van der Waals surface area contributed by atoms with E-state index in [1.807, 2.05) is 4.90 Å². The fraction of sp³-hybridized carbons (Fsp3) is 0.261. The van der Waals surface area contributed by atoms with Crippen LogP contribution in [0.25, 0.3) is 0 Å². The number of aryl methyl sites for hydroxylation is 2. The van der Waals surface area contributed by atoms with E-state index in [9.17, 15) is 15.0 Å². The third-order valence-corrected chi connectivity index (χ3v) is 6.08. The van der Waals surface area contributed by atoms with Crippen LogP contribution in [-0.4, -0.2) is 39.7 Å². The molecule has 1 fully saturated rings. The van der Waals surface area contributed by atoms with Gasteiger partial charge in [-0.2, -0.15) is 0 Å². The van der Waals surface area contributed by atoms with Gasteiger partial charge in [-0.25, -0.2) is 0 Å². The molecule has 2 unspecified atom stereocenters. The lowest BCUT2D eigenvalue weighted by atomic mass is 9.80.